The largest absolute Gasteiger partial charge is 0.396 e. The number of hydrogen-bond acceptors (Lipinski definition) is 4. The summed E-state index contributed by atoms with van der Waals surface area (Å²) < 4.78 is 22.9. The second-order valence-corrected chi connectivity index (χ2v) is 7.12. The maximum Gasteiger partial charge on any atom is 0.151 e. The Morgan fingerprint density at radius 1 is 1.44 bits per heavy atom. The predicted molar refractivity (Wildman–Crippen MR) is 65.1 cm³/mol. The van der Waals surface area contributed by atoms with Gasteiger partial charge in [0.25, 0.3) is 0 Å². The Labute approximate surface area is 98.4 Å². The number of hydrogen-bond donors (Lipinski definition) is 2. The van der Waals surface area contributed by atoms with E-state index in [0.717, 1.165) is 6.42 Å². The SMILES string of the molecule is CCS(=O)(=O)CC(C)NC(CCO)C1CC1. The summed E-state index contributed by atoms with van der Waals surface area (Å²) in [6.07, 6.45) is 3.12. The first kappa shape index (κ1) is 13.9. The maximum atomic E-state index is 11.4. The second-order valence-electron chi connectivity index (χ2n) is 4.72. The van der Waals surface area contributed by atoms with Crippen molar-refractivity contribution in [2.75, 3.05) is 18.1 Å². The molecule has 16 heavy (non-hydrogen) atoms. The lowest BCUT2D eigenvalue weighted by atomic mass is 10.1. The molecule has 4 nitrogen and oxygen atoms in total. The van der Waals surface area contributed by atoms with Crippen LogP contribution in [0.2, 0.25) is 0 Å². The molecule has 96 valence electrons. The monoisotopic (exact) mass is 249 g/mol. The van der Waals surface area contributed by atoms with E-state index < -0.39 is 9.84 Å². The Morgan fingerprint density at radius 2 is 2.06 bits per heavy atom. The molecular weight excluding hydrogens is 226 g/mol. The highest BCUT2D eigenvalue weighted by atomic mass is 32.2. The summed E-state index contributed by atoms with van der Waals surface area (Å²) in [5, 5.41) is 12.3. The van der Waals surface area contributed by atoms with Crippen LogP contribution >= 0.6 is 0 Å². The highest BCUT2D eigenvalue weighted by Gasteiger charge is 2.31. The van der Waals surface area contributed by atoms with Crippen LogP contribution in [0.1, 0.15) is 33.1 Å². The number of nitrogens with one attached hydrogen (secondary N) is 1. The van der Waals surface area contributed by atoms with E-state index in [0.29, 0.717) is 5.92 Å². The molecule has 2 atom stereocenters. The average molecular weight is 249 g/mol. The summed E-state index contributed by atoms with van der Waals surface area (Å²) in [5.41, 5.74) is 0. The molecular formula is C11H23NO3S. The zero-order valence-corrected chi connectivity index (χ0v) is 11.0. The third kappa shape index (κ3) is 4.80. The minimum Gasteiger partial charge on any atom is -0.396 e. The molecule has 1 saturated carbocycles. The van der Waals surface area contributed by atoms with Gasteiger partial charge in [0, 0.05) is 24.4 Å². The van der Waals surface area contributed by atoms with Gasteiger partial charge in [-0.25, -0.2) is 8.42 Å². The highest BCUT2D eigenvalue weighted by Crippen LogP contribution is 2.34. The van der Waals surface area contributed by atoms with E-state index in [1.54, 1.807) is 6.92 Å². The van der Waals surface area contributed by atoms with Gasteiger partial charge in [0.2, 0.25) is 0 Å². The Morgan fingerprint density at radius 3 is 2.50 bits per heavy atom. The quantitative estimate of drug-likeness (QED) is 0.659. The van der Waals surface area contributed by atoms with Crippen molar-refractivity contribution < 1.29 is 13.5 Å². The molecule has 1 aliphatic carbocycles. The van der Waals surface area contributed by atoms with Crippen molar-refractivity contribution in [2.45, 2.75) is 45.2 Å². The Kier molecular flexibility index (Phi) is 5.21. The van der Waals surface area contributed by atoms with Crippen LogP contribution in [-0.4, -0.2) is 43.7 Å². The first-order valence-electron chi connectivity index (χ1n) is 6.06. The Hall–Kier alpha value is -0.130. The first-order chi connectivity index (χ1) is 7.48. The summed E-state index contributed by atoms with van der Waals surface area (Å²) in [5.74, 6) is 1.03. The number of aliphatic hydroxyl groups is 1. The van der Waals surface area contributed by atoms with Gasteiger partial charge in [0.15, 0.2) is 9.84 Å². The zero-order chi connectivity index (χ0) is 12.2. The minimum atomic E-state index is -2.91. The van der Waals surface area contributed by atoms with Gasteiger partial charge in [0.1, 0.15) is 0 Å². The van der Waals surface area contributed by atoms with Crippen molar-refractivity contribution >= 4 is 9.84 Å². The van der Waals surface area contributed by atoms with E-state index in [4.69, 9.17) is 5.11 Å². The van der Waals surface area contributed by atoms with Crippen molar-refractivity contribution in [3.63, 3.8) is 0 Å². The Bertz CT molecular complexity index is 298. The van der Waals surface area contributed by atoms with Crippen LogP contribution in [0, 0.1) is 5.92 Å². The summed E-state index contributed by atoms with van der Waals surface area (Å²) in [7, 11) is -2.91. The third-order valence-electron chi connectivity index (χ3n) is 3.07. The van der Waals surface area contributed by atoms with Crippen molar-refractivity contribution in [3.05, 3.63) is 0 Å². The van der Waals surface area contributed by atoms with Gasteiger partial charge < -0.3 is 10.4 Å². The normalized spacial score (nSPS) is 20.7. The van der Waals surface area contributed by atoms with E-state index in [1.165, 1.54) is 12.8 Å². The predicted octanol–water partition coefficient (Wildman–Crippen LogP) is 0.560. The highest BCUT2D eigenvalue weighted by molar-refractivity contribution is 7.91. The Balaban J connectivity index is 2.39. The van der Waals surface area contributed by atoms with Gasteiger partial charge in [-0.1, -0.05) is 6.92 Å². The number of rotatable bonds is 8. The summed E-state index contributed by atoms with van der Waals surface area (Å²) >= 11 is 0. The van der Waals surface area contributed by atoms with Gasteiger partial charge in [-0.2, -0.15) is 0 Å². The molecule has 2 N–H and O–H groups in total. The molecule has 0 aromatic carbocycles. The smallest absolute Gasteiger partial charge is 0.151 e. The van der Waals surface area contributed by atoms with Crippen LogP contribution < -0.4 is 5.32 Å². The zero-order valence-electron chi connectivity index (χ0n) is 10.1. The summed E-state index contributed by atoms with van der Waals surface area (Å²) in [4.78, 5) is 0. The second kappa shape index (κ2) is 5.98. The van der Waals surface area contributed by atoms with Crippen molar-refractivity contribution in [2.24, 2.45) is 5.92 Å². The fourth-order valence-corrected chi connectivity index (χ4v) is 3.10. The fraction of sp³-hybridized carbons (Fsp3) is 1.00. The molecule has 0 heterocycles. The molecule has 0 aromatic rings. The molecule has 0 aliphatic heterocycles. The molecule has 5 heteroatoms. The molecule has 1 aliphatic rings. The van der Waals surface area contributed by atoms with Crippen LogP contribution in [0.25, 0.3) is 0 Å². The van der Waals surface area contributed by atoms with E-state index in [2.05, 4.69) is 5.32 Å². The van der Waals surface area contributed by atoms with E-state index in [-0.39, 0.29) is 30.2 Å². The van der Waals surface area contributed by atoms with Crippen LogP contribution in [0.3, 0.4) is 0 Å². The van der Waals surface area contributed by atoms with E-state index >= 15 is 0 Å². The topological polar surface area (TPSA) is 66.4 Å². The first-order valence-corrected chi connectivity index (χ1v) is 7.88. The third-order valence-corrected chi connectivity index (χ3v) is 4.96. The van der Waals surface area contributed by atoms with Crippen molar-refractivity contribution in [1.29, 1.82) is 0 Å². The van der Waals surface area contributed by atoms with Crippen molar-refractivity contribution in [1.82, 2.24) is 5.32 Å². The molecule has 0 radical (unpaired) electrons. The van der Waals surface area contributed by atoms with E-state index in [1.807, 2.05) is 6.92 Å². The van der Waals surface area contributed by atoms with Gasteiger partial charge in [-0.05, 0) is 32.1 Å². The molecule has 0 aromatic heterocycles. The molecule has 0 bridgehead atoms. The van der Waals surface area contributed by atoms with E-state index in [9.17, 15) is 8.42 Å². The van der Waals surface area contributed by atoms with Crippen LogP contribution in [0.4, 0.5) is 0 Å². The number of sulfone groups is 1. The van der Waals surface area contributed by atoms with Gasteiger partial charge >= 0.3 is 0 Å². The lowest BCUT2D eigenvalue weighted by molar-refractivity contribution is 0.251. The molecule has 1 fully saturated rings. The molecule has 0 amide bonds. The van der Waals surface area contributed by atoms with Gasteiger partial charge in [0.05, 0.1) is 5.75 Å². The van der Waals surface area contributed by atoms with Crippen LogP contribution in [-0.2, 0) is 9.84 Å². The summed E-state index contributed by atoms with van der Waals surface area (Å²) in [6, 6.07) is 0.258. The van der Waals surface area contributed by atoms with Crippen LogP contribution in [0.15, 0.2) is 0 Å². The molecule has 0 spiro atoms. The maximum absolute atomic E-state index is 11.4. The van der Waals surface area contributed by atoms with Gasteiger partial charge in [-0.15, -0.1) is 0 Å². The molecule has 1 rings (SSSR count). The average Bonchev–Trinajstić information content (AvgIpc) is 2.99. The van der Waals surface area contributed by atoms with Crippen molar-refractivity contribution in [3.8, 4) is 0 Å². The lowest BCUT2D eigenvalue weighted by Crippen LogP contribution is -2.42. The molecule has 0 saturated heterocycles. The standard InChI is InChI=1S/C11H23NO3S/c1-3-16(14,15)8-9(2)12-11(6-7-13)10-4-5-10/h9-13H,3-8H2,1-2H3. The number of aliphatic hydroxyl groups excluding tert-OH is 1. The summed E-state index contributed by atoms with van der Waals surface area (Å²) in [6.45, 7) is 3.75. The minimum absolute atomic E-state index is 0.0258. The fourth-order valence-electron chi connectivity index (χ4n) is 2.01. The molecule has 2 unspecified atom stereocenters. The lowest BCUT2D eigenvalue weighted by Gasteiger charge is -2.22. The van der Waals surface area contributed by atoms with Gasteiger partial charge in [-0.3, -0.25) is 0 Å². The van der Waals surface area contributed by atoms with Crippen LogP contribution in [0.5, 0.6) is 0 Å².